The molecule has 1 aromatic heterocycles. The zero-order valence-electron chi connectivity index (χ0n) is 14.0. The van der Waals surface area contributed by atoms with E-state index in [0.29, 0.717) is 17.8 Å². The third kappa shape index (κ3) is 3.34. The van der Waals surface area contributed by atoms with Gasteiger partial charge in [-0.2, -0.15) is 5.10 Å². The van der Waals surface area contributed by atoms with Crippen LogP contribution in [0.1, 0.15) is 46.7 Å². The van der Waals surface area contributed by atoms with E-state index in [2.05, 4.69) is 10.4 Å². The highest BCUT2D eigenvalue weighted by Gasteiger charge is 2.26. The monoisotopic (exact) mass is 335 g/mol. The first-order valence-corrected chi connectivity index (χ1v) is 7.56. The summed E-state index contributed by atoms with van der Waals surface area (Å²) in [5.74, 6) is -2.85. The quantitative estimate of drug-likeness (QED) is 0.675. The highest BCUT2D eigenvalue weighted by atomic mass is 19.1. The molecule has 0 aliphatic rings. The van der Waals surface area contributed by atoms with Gasteiger partial charge in [0.05, 0.1) is 17.3 Å². The molecule has 1 amide bonds. The van der Waals surface area contributed by atoms with Crippen LogP contribution in [0.4, 0.5) is 8.78 Å². The number of hydrogen-bond acceptors (Lipinski definition) is 3. The van der Waals surface area contributed by atoms with Crippen molar-refractivity contribution in [3.05, 3.63) is 52.3 Å². The smallest absolute Gasteiger partial charge is 0.293 e. The molecule has 1 unspecified atom stereocenters. The molecule has 2 aromatic rings. The molecule has 0 fully saturated rings. The van der Waals surface area contributed by atoms with E-state index in [1.54, 1.807) is 27.8 Å². The number of aryl methyl sites for hydroxylation is 2. The fraction of sp³-hybridized carbons (Fsp3) is 0.353. The largest absolute Gasteiger partial charge is 0.342 e. The van der Waals surface area contributed by atoms with Gasteiger partial charge in [-0.05, 0) is 38.5 Å². The summed E-state index contributed by atoms with van der Waals surface area (Å²) in [4.78, 5) is 24.7. The molecule has 7 heteroatoms. The molecule has 24 heavy (non-hydrogen) atoms. The number of hydrogen-bond donors (Lipinski definition) is 1. The lowest BCUT2D eigenvalue weighted by molar-refractivity contribution is -0.117. The number of halogens is 2. The summed E-state index contributed by atoms with van der Waals surface area (Å²) in [5, 5.41) is 6.58. The second-order valence-corrected chi connectivity index (χ2v) is 5.60. The SMILES string of the molecule is CCC(NC(=O)C(=O)c1c(C)nn(C)c1C)c1cc(F)ccc1F. The molecule has 0 saturated heterocycles. The van der Waals surface area contributed by atoms with Gasteiger partial charge in [-0.1, -0.05) is 6.92 Å². The van der Waals surface area contributed by atoms with E-state index in [4.69, 9.17) is 0 Å². The average molecular weight is 335 g/mol. The van der Waals surface area contributed by atoms with Crippen LogP contribution >= 0.6 is 0 Å². The Morgan fingerprint density at radius 2 is 1.96 bits per heavy atom. The molecule has 0 radical (unpaired) electrons. The number of amides is 1. The average Bonchev–Trinajstić information content (AvgIpc) is 2.79. The Kier molecular flexibility index (Phi) is 5.11. The van der Waals surface area contributed by atoms with Gasteiger partial charge in [0.15, 0.2) is 0 Å². The Balaban J connectivity index is 2.26. The minimum absolute atomic E-state index is 0.0123. The van der Waals surface area contributed by atoms with E-state index in [1.807, 2.05) is 0 Å². The summed E-state index contributed by atoms with van der Waals surface area (Å²) in [5.41, 5.74) is 1.25. The van der Waals surface area contributed by atoms with Crippen LogP contribution in [0.15, 0.2) is 18.2 Å². The lowest BCUT2D eigenvalue weighted by Gasteiger charge is -2.18. The summed E-state index contributed by atoms with van der Waals surface area (Å²) < 4.78 is 28.8. The van der Waals surface area contributed by atoms with Crippen LogP contribution in [-0.4, -0.2) is 21.5 Å². The fourth-order valence-electron chi connectivity index (χ4n) is 2.62. The van der Waals surface area contributed by atoms with Crippen molar-refractivity contribution < 1.29 is 18.4 Å². The Labute approximate surface area is 138 Å². The number of nitrogens with zero attached hydrogens (tertiary/aromatic N) is 2. The zero-order valence-corrected chi connectivity index (χ0v) is 14.0. The highest BCUT2D eigenvalue weighted by molar-refractivity contribution is 6.43. The molecule has 0 bridgehead atoms. The van der Waals surface area contributed by atoms with E-state index >= 15 is 0 Å². The third-order valence-corrected chi connectivity index (χ3v) is 3.99. The van der Waals surface area contributed by atoms with Crippen LogP contribution in [0.5, 0.6) is 0 Å². The molecule has 0 aliphatic heterocycles. The summed E-state index contributed by atoms with van der Waals surface area (Å²) >= 11 is 0. The summed E-state index contributed by atoms with van der Waals surface area (Å²) in [6.45, 7) is 5.03. The van der Waals surface area contributed by atoms with Crippen LogP contribution in [0, 0.1) is 25.5 Å². The Morgan fingerprint density at radius 1 is 1.29 bits per heavy atom. The van der Waals surface area contributed by atoms with Crippen molar-refractivity contribution in [3.63, 3.8) is 0 Å². The predicted octanol–water partition coefficient (Wildman–Crippen LogP) is 2.77. The second kappa shape index (κ2) is 6.90. The third-order valence-electron chi connectivity index (χ3n) is 3.99. The van der Waals surface area contributed by atoms with Gasteiger partial charge in [0, 0.05) is 18.3 Å². The van der Waals surface area contributed by atoms with Crippen molar-refractivity contribution in [1.29, 1.82) is 0 Å². The van der Waals surface area contributed by atoms with Crippen LogP contribution < -0.4 is 5.32 Å². The van der Waals surface area contributed by atoms with Crippen LogP contribution in [0.25, 0.3) is 0 Å². The first-order valence-electron chi connectivity index (χ1n) is 7.56. The molecular weight excluding hydrogens is 316 g/mol. The Hall–Kier alpha value is -2.57. The lowest BCUT2D eigenvalue weighted by atomic mass is 10.0. The number of benzene rings is 1. The maximum absolute atomic E-state index is 13.9. The highest BCUT2D eigenvalue weighted by Crippen LogP contribution is 2.22. The van der Waals surface area contributed by atoms with Crippen molar-refractivity contribution in [2.24, 2.45) is 7.05 Å². The minimum atomic E-state index is -0.871. The molecule has 0 spiro atoms. The van der Waals surface area contributed by atoms with Crippen molar-refractivity contribution in [2.75, 3.05) is 0 Å². The van der Waals surface area contributed by atoms with E-state index in [-0.39, 0.29) is 11.1 Å². The molecular formula is C17H19F2N3O2. The van der Waals surface area contributed by atoms with Gasteiger partial charge in [0.25, 0.3) is 11.7 Å². The Morgan fingerprint density at radius 3 is 2.50 bits per heavy atom. The van der Waals surface area contributed by atoms with Crippen molar-refractivity contribution in [3.8, 4) is 0 Å². The van der Waals surface area contributed by atoms with Crippen molar-refractivity contribution in [2.45, 2.75) is 33.2 Å². The molecule has 1 N–H and O–H groups in total. The molecule has 1 atom stereocenters. The van der Waals surface area contributed by atoms with E-state index in [1.165, 1.54) is 4.68 Å². The Bertz CT molecular complexity index is 799. The molecule has 0 aliphatic carbocycles. The van der Waals surface area contributed by atoms with Gasteiger partial charge in [0.1, 0.15) is 11.6 Å². The molecule has 1 heterocycles. The number of carbonyl (C=O) groups is 2. The van der Waals surface area contributed by atoms with Gasteiger partial charge >= 0.3 is 0 Å². The minimum Gasteiger partial charge on any atom is -0.342 e. The normalized spacial score (nSPS) is 12.1. The van der Waals surface area contributed by atoms with E-state index in [9.17, 15) is 18.4 Å². The molecule has 2 rings (SSSR count). The zero-order chi connectivity index (χ0) is 18.0. The summed E-state index contributed by atoms with van der Waals surface area (Å²) in [6, 6.07) is 2.22. The van der Waals surface area contributed by atoms with E-state index in [0.717, 1.165) is 18.2 Å². The number of nitrogens with one attached hydrogen (secondary N) is 1. The topological polar surface area (TPSA) is 64.0 Å². The first-order chi connectivity index (χ1) is 11.3. The van der Waals surface area contributed by atoms with Crippen molar-refractivity contribution >= 4 is 11.7 Å². The molecule has 5 nitrogen and oxygen atoms in total. The van der Waals surface area contributed by atoms with Gasteiger partial charge in [-0.15, -0.1) is 0 Å². The first kappa shape index (κ1) is 17.8. The van der Waals surface area contributed by atoms with Crippen LogP contribution in [0.2, 0.25) is 0 Å². The molecule has 1 aromatic carbocycles. The van der Waals surface area contributed by atoms with Gasteiger partial charge in [-0.25, -0.2) is 8.78 Å². The maximum atomic E-state index is 13.9. The number of rotatable bonds is 5. The van der Waals surface area contributed by atoms with Crippen molar-refractivity contribution in [1.82, 2.24) is 15.1 Å². The fourth-order valence-corrected chi connectivity index (χ4v) is 2.62. The number of Topliss-reactive ketones (excluding diaryl/α,β-unsaturated/α-hetero) is 1. The molecule has 0 saturated carbocycles. The summed E-state index contributed by atoms with van der Waals surface area (Å²) in [7, 11) is 1.67. The van der Waals surface area contributed by atoms with Gasteiger partial charge < -0.3 is 5.32 Å². The van der Waals surface area contributed by atoms with Gasteiger partial charge in [-0.3, -0.25) is 14.3 Å². The van der Waals surface area contributed by atoms with E-state index < -0.39 is 29.4 Å². The van der Waals surface area contributed by atoms with Gasteiger partial charge in [0.2, 0.25) is 0 Å². The standard InChI is InChI=1S/C17H19F2N3O2/c1-5-14(12-8-11(18)6-7-13(12)19)20-17(24)16(23)15-9(2)21-22(4)10(15)3/h6-8,14H,5H2,1-4H3,(H,20,24). The molecule has 128 valence electrons. The number of ketones is 1. The number of carbonyl (C=O) groups excluding carboxylic acids is 2. The van der Waals surface area contributed by atoms with Crippen LogP contribution in [-0.2, 0) is 11.8 Å². The number of aromatic nitrogens is 2. The van der Waals surface area contributed by atoms with Crippen LogP contribution in [0.3, 0.4) is 0 Å². The predicted molar refractivity (Wildman–Crippen MR) is 84.5 cm³/mol. The second-order valence-electron chi connectivity index (χ2n) is 5.60. The maximum Gasteiger partial charge on any atom is 0.293 e. The summed E-state index contributed by atoms with van der Waals surface area (Å²) in [6.07, 6.45) is 0.310. The lowest BCUT2D eigenvalue weighted by Crippen LogP contribution is -2.35.